The molecule has 2 N–H and O–H groups in total. The number of hydrogen-bond donors (Lipinski definition) is 2. The highest BCUT2D eigenvalue weighted by Gasteiger charge is 2.16. The summed E-state index contributed by atoms with van der Waals surface area (Å²) in [5.41, 5.74) is 0. The third kappa shape index (κ3) is 6.98. The topological polar surface area (TPSA) is 67.4 Å². The summed E-state index contributed by atoms with van der Waals surface area (Å²) in [6.07, 6.45) is 3.16. The van der Waals surface area contributed by atoms with E-state index in [4.69, 9.17) is 4.74 Å². The monoisotopic (exact) mass is 264 g/mol. The molecule has 1 heterocycles. The molecule has 0 aliphatic carbocycles. The van der Waals surface area contributed by atoms with E-state index >= 15 is 0 Å². The summed E-state index contributed by atoms with van der Waals surface area (Å²) in [4.78, 5) is 0. The first-order chi connectivity index (χ1) is 7.99. The van der Waals surface area contributed by atoms with Gasteiger partial charge in [0.15, 0.2) is 0 Å². The number of sulfonamides is 1. The van der Waals surface area contributed by atoms with E-state index in [0.717, 1.165) is 25.9 Å². The molecular formula is C11H24N2O3S. The predicted octanol–water partition coefficient (Wildman–Crippen LogP) is 0.473. The van der Waals surface area contributed by atoms with Crippen molar-refractivity contribution in [1.29, 1.82) is 0 Å². The van der Waals surface area contributed by atoms with Gasteiger partial charge in [0.1, 0.15) is 0 Å². The van der Waals surface area contributed by atoms with Crippen LogP contribution in [-0.4, -0.2) is 46.0 Å². The standard InChI is InChI=1S/C11H24N2O3S/c1-10(2)12-7-9-17(14,15)13-6-5-11-4-3-8-16-11/h10-13H,3-9H2,1-2H3. The molecule has 1 fully saturated rings. The molecule has 0 saturated carbocycles. The number of hydrogen-bond acceptors (Lipinski definition) is 4. The van der Waals surface area contributed by atoms with Crippen LogP contribution in [0.25, 0.3) is 0 Å². The van der Waals surface area contributed by atoms with Crippen molar-refractivity contribution in [2.75, 3.05) is 25.4 Å². The van der Waals surface area contributed by atoms with Crippen LogP contribution in [-0.2, 0) is 14.8 Å². The van der Waals surface area contributed by atoms with Gasteiger partial charge in [0.05, 0.1) is 11.9 Å². The molecule has 6 heteroatoms. The zero-order chi connectivity index (χ0) is 12.7. The fourth-order valence-corrected chi connectivity index (χ4v) is 2.76. The van der Waals surface area contributed by atoms with Crippen molar-refractivity contribution in [2.24, 2.45) is 0 Å². The normalized spacial score (nSPS) is 21.2. The minimum Gasteiger partial charge on any atom is -0.378 e. The largest absolute Gasteiger partial charge is 0.378 e. The Kier molecular flexibility index (Phi) is 6.40. The van der Waals surface area contributed by atoms with E-state index in [-0.39, 0.29) is 11.9 Å². The van der Waals surface area contributed by atoms with Crippen LogP contribution in [0.15, 0.2) is 0 Å². The van der Waals surface area contributed by atoms with E-state index in [1.54, 1.807) is 0 Å². The Bertz CT molecular complexity index is 298. The first-order valence-electron chi connectivity index (χ1n) is 6.32. The van der Waals surface area contributed by atoms with Gasteiger partial charge in [-0.1, -0.05) is 13.8 Å². The van der Waals surface area contributed by atoms with Crippen molar-refractivity contribution in [3.05, 3.63) is 0 Å². The minimum atomic E-state index is -3.14. The fraction of sp³-hybridized carbons (Fsp3) is 1.00. The van der Waals surface area contributed by atoms with Gasteiger partial charge in [-0.25, -0.2) is 13.1 Å². The zero-order valence-corrected chi connectivity index (χ0v) is 11.6. The van der Waals surface area contributed by atoms with Crippen molar-refractivity contribution in [3.63, 3.8) is 0 Å². The average Bonchev–Trinajstić information content (AvgIpc) is 2.69. The number of nitrogens with one attached hydrogen (secondary N) is 2. The van der Waals surface area contributed by atoms with Crippen LogP contribution >= 0.6 is 0 Å². The van der Waals surface area contributed by atoms with Crippen molar-refractivity contribution in [3.8, 4) is 0 Å². The molecule has 0 radical (unpaired) electrons. The summed E-state index contributed by atoms with van der Waals surface area (Å²) in [5.74, 6) is 0.136. The molecule has 1 rings (SSSR count). The maximum Gasteiger partial charge on any atom is 0.212 e. The molecule has 1 aliphatic heterocycles. The second-order valence-electron chi connectivity index (χ2n) is 4.75. The molecule has 0 spiro atoms. The van der Waals surface area contributed by atoms with Crippen LogP contribution in [0.1, 0.15) is 33.1 Å². The Morgan fingerprint density at radius 3 is 2.71 bits per heavy atom. The summed E-state index contributed by atoms with van der Waals surface area (Å²) >= 11 is 0. The van der Waals surface area contributed by atoms with Gasteiger partial charge >= 0.3 is 0 Å². The molecule has 1 atom stereocenters. The van der Waals surface area contributed by atoms with Gasteiger partial charge in [0.25, 0.3) is 0 Å². The molecule has 1 unspecified atom stereocenters. The Morgan fingerprint density at radius 2 is 2.12 bits per heavy atom. The third-order valence-electron chi connectivity index (χ3n) is 2.74. The molecular weight excluding hydrogens is 240 g/mol. The molecule has 0 aromatic heterocycles. The molecule has 5 nitrogen and oxygen atoms in total. The maximum absolute atomic E-state index is 11.6. The lowest BCUT2D eigenvalue weighted by molar-refractivity contribution is 0.105. The van der Waals surface area contributed by atoms with E-state index in [9.17, 15) is 8.42 Å². The third-order valence-corrected chi connectivity index (χ3v) is 4.12. The molecule has 0 bridgehead atoms. The first-order valence-corrected chi connectivity index (χ1v) is 7.97. The fourth-order valence-electron chi connectivity index (χ4n) is 1.80. The molecule has 0 aromatic rings. The second-order valence-corrected chi connectivity index (χ2v) is 6.67. The van der Waals surface area contributed by atoms with Crippen molar-refractivity contribution in [2.45, 2.75) is 45.3 Å². The van der Waals surface area contributed by atoms with Gasteiger partial charge < -0.3 is 10.1 Å². The highest BCUT2D eigenvalue weighted by molar-refractivity contribution is 7.89. The lowest BCUT2D eigenvalue weighted by atomic mass is 10.2. The highest BCUT2D eigenvalue weighted by Crippen LogP contribution is 2.14. The molecule has 102 valence electrons. The average molecular weight is 264 g/mol. The van der Waals surface area contributed by atoms with Crippen LogP contribution < -0.4 is 10.0 Å². The van der Waals surface area contributed by atoms with Gasteiger partial charge in [-0.3, -0.25) is 0 Å². The highest BCUT2D eigenvalue weighted by atomic mass is 32.2. The maximum atomic E-state index is 11.6. The summed E-state index contributed by atoms with van der Waals surface area (Å²) in [6.45, 7) is 5.78. The van der Waals surface area contributed by atoms with E-state index in [1.807, 2.05) is 13.8 Å². The molecule has 17 heavy (non-hydrogen) atoms. The summed E-state index contributed by atoms with van der Waals surface area (Å²) < 4.78 is 31.2. The Morgan fingerprint density at radius 1 is 1.35 bits per heavy atom. The van der Waals surface area contributed by atoms with Crippen molar-refractivity contribution < 1.29 is 13.2 Å². The predicted molar refractivity (Wildman–Crippen MR) is 68.5 cm³/mol. The van der Waals surface area contributed by atoms with E-state index in [0.29, 0.717) is 19.1 Å². The Labute approximate surface area is 104 Å². The second kappa shape index (κ2) is 7.31. The first kappa shape index (κ1) is 14.9. The summed E-state index contributed by atoms with van der Waals surface area (Å²) in [6, 6.07) is 0.317. The van der Waals surface area contributed by atoms with E-state index in [1.165, 1.54) is 0 Å². The number of ether oxygens (including phenoxy) is 1. The van der Waals surface area contributed by atoms with Gasteiger partial charge in [0, 0.05) is 25.7 Å². The molecule has 1 aliphatic rings. The minimum absolute atomic E-state index is 0.136. The van der Waals surface area contributed by atoms with E-state index in [2.05, 4.69) is 10.0 Å². The molecule has 0 aromatic carbocycles. The van der Waals surface area contributed by atoms with Crippen molar-refractivity contribution in [1.82, 2.24) is 10.0 Å². The Balaban J connectivity index is 2.11. The van der Waals surface area contributed by atoms with Crippen LogP contribution in [0, 0.1) is 0 Å². The quantitative estimate of drug-likeness (QED) is 0.669. The van der Waals surface area contributed by atoms with Crippen LogP contribution in [0.5, 0.6) is 0 Å². The van der Waals surface area contributed by atoms with Gasteiger partial charge in [-0.05, 0) is 19.3 Å². The smallest absolute Gasteiger partial charge is 0.212 e. The Hall–Kier alpha value is -0.170. The molecule has 1 saturated heterocycles. The SMILES string of the molecule is CC(C)NCCS(=O)(=O)NCCC1CCCO1. The van der Waals surface area contributed by atoms with Crippen LogP contribution in [0.2, 0.25) is 0 Å². The van der Waals surface area contributed by atoms with E-state index < -0.39 is 10.0 Å². The van der Waals surface area contributed by atoms with Crippen LogP contribution in [0.3, 0.4) is 0 Å². The van der Waals surface area contributed by atoms with Gasteiger partial charge in [-0.2, -0.15) is 0 Å². The summed E-state index contributed by atoms with van der Waals surface area (Å²) in [5, 5.41) is 3.09. The zero-order valence-electron chi connectivity index (χ0n) is 10.7. The van der Waals surface area contributed by atoms with Crippen molar-refractivity contribution >= 4 is 10.0 Å². The van der Waals surface area contributed by atoms with Gasteiger partial charge in [0.2, 0.25) is 10.0 Å². The lowest BCUT2D eigenvalue weighted by Gasteiger charge is -2.11. The van der Waals surface area contributed by atoms with Crippen LogP contribution in [0.4, 0.5) is 0 Å². The number of rotatable bonds is 8. The summed E-state index contributed by atoms with van der Waals surface area (Å²) in [7, 11) is -3.14. The molecule has 0 amide bonds. The van der Waals surface area contributed by atoms with Gasteiger partial charge in [-0.15, -0.1) is 0 Å². The lowest BCUT2D eigenvalue weighted by Crippen LogP contribution is -2.35.